The molecular weight excluding hydrogens is 498 g/mol. The average Bonchev–Trinajstić information content (AvgIpc) is 2.92. The molecule has 1 fully saturated rings. The Morgan fingerprint density at radius 3 is 2.53 bits per heavy atom. The third kappa shape index (κ3) is 7.10. The van der Waals surface area contributed by atoms with E-state index >= 15 is 0 Å². The molecule has 0 radical (unpaired) electrons. The van der Waals surface area contributed by atoms with Crippen LogP contribution in [-0.2, 0) is 0 Å². The minimum Gasteiger partial charge on any atom is -0.497 e. The Labute approximate surface area is 231 Å². The molecule has 3 heterocycles. The van der Waals surface area contributed by atoms with Gasteiger partial charge < -0.3 is 20.3 Å². The highest BCUT2D eigenvalue weighted by atomic mass is 35.5. The van der Waals surface area contributed by atoms with E-state index in [-0.39, 0.29) is 11.9 Å². The fraction of sp³-hybridized carbons (Fsp3) is 0.433. The maximum atomic E-state index is 12.7. The third-order valence-corrected chi connectivity index (χ3v) is 7.62. The van der Waals surface area contributed by atoms with Gasteiger partial charge >= 0.3 is 0 Å². The van der Waals surface area contributed by atoms with Crippen molar-refractivity contribution in [2.45, 2.75) is 58.2 Å². The number of hydrogen-bond donors (Lipinski definition) is 2. The number of aryl methyl sites for hydroxylation is 2. The summed E-state index contributed by atoms with van der Waals surface area (Å²) in [6, 6.07) is 16.8. The quantitative estimate of drug-likeness (QED) is 0.351. The lowest BCUT2D eigenvalue weighted by molar-refractivity contribution is 0.0942. The number of halogens is 1. The van der Waals surface area contributed by atoms with Crippen LogP contribution in [0.15, 0.2) is 54.7 Å². The van der Waals surface area contributed by atoms with Crippen molar-refractivity contribution in [2.75, 3.05) is 26.7 Å². The molecule has 2 aromatic heterocycles. The van der Waals surface area contributed by atoms with Crippen LogP contribution in [0.25, 0.3) is 0 Å². The molecule has 8 heteroatoms. The molecule has 0 saturated carbocycles. The highest BCUT2D eigenvalue weighted by Gasteiger charge is 2.26. The number of aromatic nitrogens is 2. The van der Waals surface area contributed by atoms with E-state index in [4.69, 9.17) is 16.3 Å². The Bertz CT molecular complexity index is 1170. The van der Waals surface area contributed by atoms with Gasteiger partial charge in [0.2, 0.25) is 0 Å². The lowest BCUT2D eigenvalue weighted by atomic mass is 9.97. The van der Waals surface area contributed by atoms with Gasteiger partial charge in [-0.15, -0.1) is 0 Å². The Hall–Kier alpha value is -3.00. The number of pyridine rings is 2. The van der Waals surface area contributed by atoms with Crippen LogP contribution in [0.1, 0.15) is 65.1 Å². The molecule has 7 nitrogen and oxygen atoms in total. The van der Waals surface area contributed by atoms with Gasteiger partial charge in [0.15, 0.2) is 0 Å². The van der Waals surface area contributed by atoms with Crippen LogP contribution in [0.2, 0.25) is 5.15 Å². The molecule has 1 amide bonds. The number of nitrogens with one attached hydrogen (secondary N) is 2. The fourth-order valence-electron chi connectivity index (χ4n) is 5.23. The first-order valence-corrected chi connectivity index (χ1v) is 13.7. The van der Waals surface area contributed by atoms with Crippen LogP contribution in [0, 0.1) is 13.8 Å². The maximum absolute atomic E-state index is 12.7. The first-order chi connectivity index (χ1) is 18.4. The zero-order chi connectivity index (χ0) is 27.1. The van der Waals surface area contributed by atoms with Gasteiger partial charge in [-0.1, -0.05) is 29.8 Å². The second-order valence-electron chi connectivity index (χ2n) is 10.1. The molecule has 4 rings (SSSR count). The number of piperidine rings is 1. The van der Waals surface area contributed by atoms with Crippen LogP contribution >= 0.6 is 11.6 Å². The molecule has 3 aromatic rings. The van der Waals surface area contributed by atoms with E-state index in [9.17, 15) is 4.79 Å². The van der Waals surface area contributed by atoms with E-state index < -0.39 is 0 Å². The second-order valence-corrected chi connectivity index (χ2v) is 10.4. The SMILES string of the molecule is COc1ccc(C(NC2CCN([C@H](C)CCNC(=O)c3c(C)cc(Cl)nc3C)CC2)c2ccccn2)cc1. The number of hydrogen-bond acceptors (Lipinski definition) is 6. The molecule has 1 unspecified atom stereocenters. The molecule has 0 bridgehead atoms. The first kappa shape index (κ1) is 28.0. The number of likely N-dealkylation sites (tertiary alicyclic amines) is 1. The van der Waals surface area contributed by atoms with Crippen molar-refractivity contribution in [3.63, 3.8) is 0 Å². The maximum Gasteiger partial charge on any atom is 0.253 e. The van der Waals surface area contributed by atoms with Gasteiger partial charge in [-0.05, 0) is 94.6 Å². The summed E-state index contributed by atoms with van der Waals surface area (Å²) in [7, 11) is 1.69. The number of carbonyl (C=O) groups is 1. The number of carbonyl (C=O) groups excluding carboxylic acids is 1. The number of benzene rings is 1. The van der Waals surface area contributed by atoms with Gasteiger partial charge in [-0.25, -0.2) is 4.98 Å². The van der Waals surface area contributed by atoms with Crippen molar-refractivity contribution >= 4 is 17.5 Å². The zero-order valence-electron chi connectivity index (χ0n) is 22.7. The van der Waals surface area contributed by atoms with Crippen molar-refractivity contribution in [1.82, 2.24) is 25.5 Å². The summed E-state index contributed by atoms with van der Waals surface area (Å²) in [6.45, 7) is 8.62. The summed E-state index contributed by atoms with van der Waals surface area (Å²) < 4.78 is 5.34. The molecule has 202 valence electrons. The molecule has 1 aromatic carbocycles. The van der Waals surface area contributed by atoms with Crippen molar-refractivity contribution in [3.8, 4) is 5.75 Å². The fourth-order valence-corrected chi connectivity index (χ4v) is 5.52. The zero-order valence-corrected chi connectivity index (χ0v) is 23.5. The second kappa shape index (κ2) is 13.2. The predicted molar refractivity (Wildman–Crippen MR) is 152 cm³/mol. The van der Waals surface area contributed by atoms with Gasteiger partial charge in [-0.3, -0.25) is 9.78 Å². The summed E-state index contributed by atoms with van der Waals surface area (Å²) in [5, 5.41) is 7.36. The topological polar surface area (TPSA) is 79.4 Å². The molecule has 2 N–H and O–H groups in total. The summed E-state index contributed by atoms with van der Waals surface area (Å²) in [5.41, 5.74) is 4.33. The van der Waals surface area contributed by atoms with E-state index in [1.807, 2.05) is 44.3 Å². The lowest BCUT2D eigenvalue weighted by Crippen LogP contribution is -2.47. The van der Waals surface area contributed by atoms with Crippen LogP contribution in [0.3, 0.4) is 0 Å². The molecule has 0 spiro atoms. The predicted octanol–water partition coefficient (Wildman–Crippen LogP) is 5.11. The average molecular weight is 536 g/mol. The van der Waals surface area contributed by atoms with Crippen molar-refractivity contribution < 1.29 is 9.53 Å². The normalized spacial score (nSPS) is 16.1. The molecule has 1 aliphatic rings. The smallest absolute Gasteiger partial charge is 0.253 e. The highest BCUT2D eigenvalue weighted by Crippen LogP contribution is 2.26. The highest BCUT2D eigenvalue weighted by molar-refractivity contribution is 6.29. The van der Waals surface area contributed by atoms with Crippen LogP contribution in [0.5, 0.6) is 5.75 Å². The Morgan fingerprint density at radius 1 is 1.16 bits per heavy atom. The number of nitrogens with zero attached hydrogens (tertiary/aromatic N) is 3. The summed E-state index contributed by atoms with van der Waals surface area (Å²) in [4.78, 5) is 24.1. The van der Waals surface area contributed by atoms with Gasteiger partial charge in [0.05, 0.1) is 30.1 Å². The van der Waals surface area contributed by atoms with E-state index in [1.165, 1.54) is 5.56 Å². The molecule has 38 heavy (non-hydrogen) atoms. The molecule has 0 aliphatic carbocycles. The Balaban J connectivity index is 1.28. The van der Waals surface area contributed by atoms with Gasteiger partial charge in [0.1, 0.15) is 10.9 Å². The van der Waals surface area contributed by atoms with E-state index in [1.54, 1.807) is 13.2 Å². The van der Waals surface area contributed by atoms with Crippen LogP contribution in [-0.4, -0.2) is 59.6 Å². The largest absolute Gasteiger partial charge is 0.497 e. The molecule has 1 aliphatic heterocycles. The van der Waals surface area contributed by atoms with E-state index in [0.29, 0.717) is 35.0 Å². The monoisotopic (exact) mass is 535 g/mol. The van der Waals surface area contributed by atoms with E-state index in [0.717, 1.165) is 49.4 Å². The third-order valence-electron chi connectivity index (χ3n) is 7.43. The summed E-state index contributed by atoms with van der Waals surface area (Å²) in [6.07, 6.45) is 4.87. The van der Waals surface area contributed by atoms with Crippen LogP contribution < -0.4 is 15.4 Å². The van der Waals surface area contributed by atoms with Crippen molar-refractivity contribution in [1.29, 1.82) is 0 Å². The molecular formula is C30H38ClN5O2. The van der Waals surface area contributed by atoms with Crippen LogP contribution in [0.4, 0.5) is 0 Å². The minimum absolute atomic E-state index is 0.0283. The Morgan fingerprint density at radius 2 is 1.89 bits per heavy atom. The molecule has 2 atom stereocenters. The first-order valence-electron chi connectivity index (χ1n) is 13.3. The Kier molecular flexibility index (Phi) is 9.72. The number of ether oxygens (including phenoxy) is 1. The number of methoxy groups -OCH3 is 1. The lowest BCUT2D eigenvalue weighted by Gasteiger charge is -2.38. The van der Waals surface area contributed by atoms with Gasteiger partial charge in [-0.2, -0.15) is 0 Å². The van der Waals surface area contributed by atoms with Crippen molar-refractivity contribution in [2.24, 2.45) is 0 Å². The summed E-state index contributed by atoms with van der Waals surface area (Å²) in [5.74, 6) is 0.764. The molecule has 1 saturated heterocycles. The summed E-state index contributed by atoms with van der Waals surface area (Å²) >= 11 is 6.01. The minimum atomic E-state index is -0.0848. The number of amides is 1. The van der Waals surface area contributed by atoms with Crippen molar-refractivity contribution in [3.05, 3.63) is 88.0 Å². The standard InChI is InChI=1S/C30H38ClN5O2/c1-20-19-27(31)34-22(3)28(20)30(37)33-16-12-21(2)36-17-13-24(14-18-36)35-29(26-7-5-6-15-32-26)23-8-10-25(38-4)11-9-23/h5-11,15,19,21,24,29,35H,12-14,16-18H2,1-4H3,(H,33,37)/t21-,29?/m1/s1. The van der Waals surface area contributed by atoms with Gasteiger partial charge in [0, 0.05) is 24.8 Å². The van der Waals surface area contributed by atoms with Gasteiger partial charge in [0.25, 0.3) is 5.91 Å². The van der Waals surface area contributed by atoms with E-state index in [2.05, 4.69) is 50.6 Å². The number of rotatable bonds is 10.